The lowest BCUT2D eigenvalue weighted by Gasteiger charge is -2.22. The normalized spacial score (nSPS) is 19.6. The van der Waals surface area contributed by atoms with Gasteiger partial charge in [0.2, 0.25) is 0 Å². The van der Waals surface area contributed by atoms with Crippen LogP contribution in [0.25, 0.3) is 0 Å². The molecule has 1 amide bonds. The third-order valence-electron chi connectivity index (χ3n) is 2.98. The van der Waals surface area contributed by atoms with Crippen LogP contribution in [-0.2, 0) is 4.74 Å². The van der Waals surface area contributed by atoms with Crippen LogP contribution >= 0.6 is 27.5 Å². The second-order valence-corrected chi connectivity index (χ2v) is 5.74. The van der Waals surface area contributed by atoms with E-state index in [9.17, 15) is 4.79 Å². The molecule has 1 atom stereocenters. The van der Waals surface area contributed by atoms with Crippen molar-refractivity contribution in [2.45, 2.75) is 12.8 Å². The van der Waals surface area contributed by atoms with E-state index in [4.69, 9.17) is 16.3 Å². The van der Waals surface area contributed by atoms with Gasteiger partial charge in [0.25, 0.3) is 5.91 Å². The Hall–Kier alpha value is -0.580. The van der Waals surface area contributed by atoms with Gasteiger partial charge < -0.3 is 10.1 Å². The molecule has 1 N–H and O–H groups in total. The van der Waals surface area contributed by atoms with Crippen LogP contribution in [0.15, 0.2) is 22.7 Å². The van der Waals surface area contributed by atoms with Crippen LogP contribution in [0.3, 0.4) is 0 Å². The third-order valence-corrected chi connectivity index (χ3v) is 3.80. The number of carbonyl (C=O) groups is 1. The molecule has 1 aromatic carbocycles. The van der Waals surface area contributed by atoms with E-state index in [-0.39, 0.29) is 5.91 Å². The zero-order valence-electron chi connectivity index (χ0n) is 9.92. The Balaban J connectivity index is 1.92. The smallest absolute Gasteiger partial charge is 0.252 e. The summed E-state index contributed by atoms with van der Waals surface area (Å²) >= 11 is 9.34. The van der Waals surface area contributed by atoms with E-state index in [1.54, 1.807) is 12.1 Å². The molecule has 1 aliphatic heterocycles. The molecule has 98 valence electrons. The number of hydrogen-bond acceptors (Lipinski definition) is 2. The topological polar surface area (TPSA) is 38.3 Å². The molecule has 0 spiro atoms. The van der Waals surface area contributed by atoms with Crippen LogP contribution in [0.5, 0.6) is 0 Å². The van der Waals surface area contributed by atoms with Gasteiger partial charge in [-0.3, -0.25) is 4.79 Å². The van der Waals surface area contributed by atoms with Crippen LogP contribution in [0, 0.1) is 5.92 Å². The van der Waals surface area contributed by atoms with E-state index in [0.717, 1.165) is 30.5 Å². The summed E-state index contributed by atoms with van der Waals surface area (Å²) in [4.78, 5) is 12.0. The number of carbonyl (C=O) groups excluding carboxylic acids is 1. The first-order chi connectivity index (χ1) is 8.66. The summed E-state index contributed by atoms with van der Waals surface area (Å²) in [6, 6.07) is 5.26. The summed E-state index contributed by atoms with van der Waals surface area (Å²) in [5.74, 6) is 0.278. The summed E-state index contributed by atoms with van der Waals surface area (Å²) in [5.41, 5.74) is 0.503. The molecule has 5 heteroatoms. The van der Waals surface area contributed by atoms with Gasteiger partial charge >= 0.3 is 0 Å². The van der Waals surface area contributed by atoms with Crippen molar-refractivity contribution in [3.63, 3.8) is 0 Å². The van der Waals surface area contributed by atoms with Crippen molar-refractivity contribution in [1.82, 2.24) is 5.32 Å². The molecule has 0 saturated carbocycles. The van der Waals surface area contributed by atoms with Gasteiger partial charge in [0.15, 0.2) is 0 Å². The Morgan fingerprint density at radius 2 is 2.39 bits per heavy atom. The molecular weight excluding hydrogens is 318 g/mol. The molecule has 18 heavy (non-hydrogen) atoms. The van der Waals surface area contributed by atoms with Gasteiger partial charge in [-0.15, -0.1) is 0 Å². The Labute approximate surface area is 120 Å². The fraction of sp³-hybridized carbons (Fsp3) is 0.462. The monoisotopic (exact) mass is 331 g/mol. The second-order valence-electron chi connectivity index (χ2n) is 4.42. The van der Waals surface area contributed by atoms with E-state index < -0.39 is 0 Å². The number of amides is 1. The summed E-state index contributed by atoms with van der Waals surface area (Å²) in [6.45, 7) is 2.20. The van der Waals surface area contributed by atoms with E-state index in [1.165, 1.54) is 0 Å². The van der Waals surface area contributed by atoms with E-state index in [2.05, 4.69) is 21.2 Å². The number of ether oxygens (including phenoxy) is 1. The van der Waals surface area contributed by atoms with Crippen LogP contribution in [0.2, 0.25) is 5.02 Å². The maximum atomic E-state index is 12.0. The predicted octanol–water partition coefficient (Wildman–Crippen LogP) is 3.26. The number of rotatable bonds is 3. The highest BCUT2D eigenvalue weighted by molar-refractivity contribution is 9.10. The van der Waals surface area contributed by atoms with Crippen molar-refractivity contribution in [2.75, 3.05) is 19.8 Å². The Morgan fingerprint density at radius 1 is 1.56 bits per heavy atom. The van der Waals surface area contributed by atoms with Crippen LogP contribution in [0.1, 0.15) is 23.2 Å². The quantitative estimate of drug-likeness (QED) is 0.922. The maximum absolute atomic E-state index is 12.0. The molecule has 3 nitrogen and oxygen atoms in total. The molecular formula is C13H15BrClNO2. The number of halogens is 2. The minimum absolute atomic E-state index is 0.133. The zero-order chi connectivity index (χ0) is 13.0. The van der Waals surface area contributed by atoms with Gasteiger partial charge in [-0.1, -0.05) is 27.5 Å². The van der Waals surface area contributed by atoms with Crippen molar-refractivity contribution < 1.29 is 9.53 Å². The Kier molecular flexibility index (Phi) is 5.03. The molecule has 1 unspecified atom stereocenters. The molecule has 1 aromatic rings. The number of nitrogens with one attached hydrogen (secondary N) is 1. The van der Waals surface area contributed by atoms with Gasteiger partial charge in [0.05, 0.1) is 17.2 Å². The zero-order valence-corrected chi connectivity index (χ0v) is 12.3. The molecule has 1 fully saturated rings. The van der Waals surface area contributed by atoms with E-state index in [0.29, 0.717) is 23.0 Å². The highest BCUT2D eigenvalue weighted by Crippen LogP contribution is 2.21. The third kappa shape index (κ3) is 3.70. The van der Waals surface area contributed by atoms with Crippen molar-refractivity contribution in [3.05, 3.63) is 33.3 Å². The van der Waals surface area contributed by atoms with Gasteiger partial charge in [-0.05, 0) is 37.0 Å². The van der Waals surface area contributed by atoms with Crippen molar-refractivity contribution in [2.24, 2.45) is 5.92 Å². The molecule has 0 aliphatic carbocycles. The molecule has 2 rings (SSSR count). The summed E-state index contributed by atoms with van der Waals surface area (Å²) in [7, 11) is 0. The lowest BCUT2D eigenvalue weighted by atomic mass is 10.0. The summed E-state index contributed by atoms with van der Waals surface area (Å²) in [6.07, 6.45) is 2.17. The van der Waals surface area contributed by atoms with Crippen molar-refractivity contribution >= 4 is 33.4 Å². The molecule has 1 saturated heterocycles. The SMILES string of the molecule is O=C(NCC1CCCOC1)c1cc(Br)ccc1Cl. The second kappa shape index (κ2) is 6.55. The van der Waals surface area contributed by atoms with Gasteiger partial charge in [-0.2, -0.15) is 0 Å². The fourth-order valence-electron chi connectivity index (χ4n) is 1.97. The van der Waals surface area contributed by atoms with E-state index in [1.807, 2.05) is 6.07 Å². The summed E-state index contributed by atoms with van der Waals surface area (Å²) in [5, 5.41) is 3.38. The standard InChI is InChI=1S/C13H15BrClNO2/c14-10-3-4-12(15)11(6-10)13(17)16-7-9-2-1-5-18-8-9/h3-4,6,9H,1-2,5,7-8H2,(H,16,17). The molecule has 0 aromatic heterocycles. The van der Waals surface area contributed by atoms with E-state index >= 15 is 0 Å². The first kappa shape index (κ1) is 13.8. The predicted molar refractivity (Wildman–Crippen MR) is 75.0 cm³/mol. The highest BCUT2D eigenvalue weighted by atomic mass is 79.9. The lowest BCUT2D eigenvalue weighted by molar-refractivity contribution is 0.0536. The number of benzene rings is 1. The maximum Gasteiger partial charge on any atom is 0.252 e. The van der Waals surface area contributed by atoms with Crippen LogP contribution in [0.4, 0.5) is 0 Å². The molecule has 1 heterocycles. The summed E-state index contributed by atoms with van der Waals surface area (Å²) < 4.78 is 6.22. The molecule has 0 radical (unpaired) electrons. The van der Waals surface area contributed by atoms with Crippen molar-refractivity contribution in [1.29, 1.82) is 0 Å². The van der Waals surface area contributed by atoms with Gasteiger partial charge in [0.1, 0.15) is 0 Å². The first-order valence-corrected chi connectivity index (χ1v) is 7.15. The fourth-order valence-corrected chi connectivity index (χ4v) is 2.54. The number of hydrogen-bond donors (Lipinski definition) is 1. The Bertz CT molecular complexity index is 433. The molecule has 0 bridgehead atoms. The lowest BCUT2D eigenvalue weighted by Crippen LogP contribution is -2.33. The largest absolute Gasteiger partial charge is 0.381 e. The van der Waals surface area contributed by atoms with Crippen LogP contribution in [-0.4, -0.2) is 25.7 Å². The average Bonchev–Trinajstić information content (AvgIpc) is 2.40. The average molecular weight is 333 g/mol. The van der Waals surface area contributed by atoms with Gasteiger partial charge in [0, 0.05) is 17.6 Å². The Morgan fingerprint density at radius 3 is 3.11 bits per heavy atom. The van der Waals surface area contributed by atoms with Gasteiger partial charge in [-0.25, -0.2) is 0 Å². The van der Waals surface area contributed by atoms with Crippen molar-refractivity contribution in [3.8, 4) is 0 Å². The minimum atomic E-state index is -0.133. The molecule has 1 aliphatic rings. The van der Waals surface area contributed by atoms with Crippen LogP contribution < -0.4 is 5.32 Å². The highest BCUT2D eigenvalue weighted by Gasteiger charge is 2.16. The minimum Gasteiger partial charge on any atom is -0.381 e. The first-order valence-electron chi connectivity index (χ1n) is 5.98.